The minimum absolute atomic E-state index is 0.134. The Hall–Kier alpha value is -0.930. The molecule has 106 valence electrons. The normalized spacial score (nSPS) is 21.3. The van der Waals surface area contributed by atoms with Gasteiger partial charge in [0.1, 0.15) is 5.82 Å². The van der Waals surface area contributed by atoms with Crippen molar-refractivity contribution in [3.05, 3.63) is 35.1 Å². The lowest BCUT2D eigenvalue weighted by molar-refractivity contribution is 0.00915. The molecule has 0 radical (unpaired) electrons. The highest BCUT2D eigenvalue weighted by Crippen LogP contribution is 2.19. The minimum Gasteiger partial charge on any atom is -0.378 e. The van der Waals surface area contributed by atoms with Crippen molar-refractivity contribution in [3.63, 3.8) is 0 Å². The van der Waals surface area contributed by atoms with Gasteiger partial charge in [0, 0.05) is 12.6 Å². The predicted octanol–water partition coefficient (Wildman–Crippen LogP) is 3.35. The molecule has 0 aromatic heterocycles. The molecule has 0 bridgehead atoms. The summed E-state index contributed by atoms with van der Waals surface area (Å²) in [6.45, 7) is 2.84. The first-order chi connectivity index (χ1) is 9.15. The summed E-state index contributed by atoms with van der Waals surface area (Å²) in [6.07, 6.45) is 6.87. The van der Waals surface area contributed by atoms with Gasteiger partial charge in [0.15, 0.2) is 0 Å². The van der Waals surface area contributed by atoms with E-state index < -0.39 is 0 Å². The van der Waals surface area contributed by atoms with Gasteiger partial charge in [-0.15, -0.1) is 0 Å². The molecular formula is C16H24FNO. The number of halogens is 1. The van der Waals surface area contributed by atoms with Crippen LogP contribution in [0.2, 0.25) is 0 Å². The zero-order valence-corrected chi connectivity index (χ0v) is 11.7. The molecule has 0 amide bonds. The molecule has 2 nitrogen and oxygen atoms in total. The standard InChI is InChI=1S/C16H24FNO/c1-12-10-14(17)6-5-13(12)11-15(18)7-8-16-4-2-3-9-19-16/h5-6,10,15-16H,2-4,7-9,11,18H2,1H3. The van der Waals surface area contributed by atoms with Crippen molar-refractivity contribution in [2.45, 2.75) is 57.6 Å². The van der Waals surface area contributed by atoms with Crippen LogP contribution in [0.25, 0.3) is 0 Å². The van der Waals surface area contributed by atoms with Gasteiger partial charge in [-0.3, -0.25) is 0 Å². The monoisotopic (exact) mass is 265 g/mol. The van der Waals surface area contributed by atoms with Crippen LogP contribution in [0.5, 0.6) is 0 Å². The van der Waals surface area contributed by atoms with Crippen LogP contribution in [0.4, 0.5) is 4.39 Å². The van der Waals surface area contributed by atoms with Crippen LogP contribution in [-0.4, -0.2) is 18.8 Å². The van der Waals surface area contributed by atoms with E-state index in [-0.39, 0.29) is 11.9 Å². The van der Waals surface area contributed by atoms with Gasteiger partial charge in [-0.05, 0) is 68.7 Å². The largest absolute Gasteiger partial charge is 0.378 e. The molecule has 1 saturated heterocycles. The van der Waals surface area contributed by atoms with Crippen LogP contribution in [0.15, 0.2) is 18.2 Å². The number of hydrogen-bond acceptors (Lipinski definition) is 2. The molecule has 19 heavy (non-hydrogen) atoms. The van der Waals surface area contributed by atoms with E-state index in [1.54, 1.807) is 6.07 Å². The average molecular weight is 265 g/mol. The third kappa shape index (κ3) is 4.59. The maximum absolute atomic E-state index is 13.0. The second-order valence-electron chi connectivity index (χ2n) is 5.60. The van der Waals surface area contributed by atoms with Crippen LogP contribution in [0.1, 0.15) is 43.2 Å². The molecule has 1 aliphatic rings. The quantitative estimate of drug-likeness (QED) is 0.886. The van der Waals surface area contributed by atoms with Gasteiger partial charge in [-0.1, -0.05) is 6.07 Å². The summed E-state index contributed by atoms with van der Waals surface area (Å²) in [5.41, 5.74) is 8.32. The Bertz CT molecular complexity index is 402. The summed E-state index contributed by atoms with van der Waals surface area (Å²) in [7, 11) is 0. The molecule has 1 aromatic carbocycles. The fraction of sp³-hybridized carbons (Fsp3) is 0.625. The van der Waals surface area contributed by atoms with Gasteiger partial charge >= 0.3 is 0 Å². The maximum Gasteiger partial charge on any atom is 0.123 e. The first-order valence-corrected chi connectivity index (χ1v) is 7.27. The van der Waals surface area contributed by atoms with Crippen molar-refractivity contribution >= 4 is 0 Å². The Morgan fingerprint density at radius 2 is 2.26 bits per heavy atom. The molecule has 2 N–H and O–H groups in total. The molecule has 3 heteroatoms. The minimum atomic E-state index is -0.176. The van der Waals surface area contributed by atoms with E-state index in [1.165, 1.54) is 25.3 Å². The van der Waals surface area contributed by atoms with Crippen molar-refractivity contribution in [2.24, 2.45) is 5.73 Å². The Morgan fingerprint density at radius 3 is 2.95 bits per heavy atom. The Morgan fingerprint density at radius 1 is 1.42 bits per heavy atom. The summed E-state index contributed by atoms with van der Waals surface area (Å²) in [4.78, 5) is 0. The van der Waals surface area contributed by atoms with Gasteiger partial charge < -0.3 is 10.5 Å². The molecule has 0 spiro atoms. The lowest BCUT2D eigenvalue weighted by Crippen LogP contribution is -2.27. The van der Waals surface area contributed by atoms with Crippen molar-refractivity contribution < 1.29 is 9.13 Å². The van der Waals surface area contributed by atoms with Gasteiger partial charge in [0.05, 0.1) is 6.10 Å². The number of ether oxygens (including phenoxy) is 1. The number of aryl methyl sites for hydroxylation is 1. The summed E-state index contributed by atoms with van der Waals surface area (Å²) in [5, 5.41) is 0. The summed E-state index contributed by atoms with van der Waals surface area (Å²) < 4.78 is 18.7. The van der Waals surface area contributed by atoms with Crippen molar-refractivity contribution in [1.29, 1.82) is 0 Å². The molecule has 1 fully saturated rings. The molecule has 1 heterocycles. The summed E-state index contributed by atoms with van der Waals surface area (Å²) in [5.74, 6) is -0.176. The average Bonchev–Trinajstić information content (AvgIpc) is 2.41. The molecule has 0 saturated carbocycles. The molecule has 2 rings (SSSR count). The second-order valence-corrected chi connectivity index (χ2v) is 5.60. The zero-order chi connectivity index (χ0) is 13.7. The Balaban J connectivity index is 1.78. The highest BCUT2D eigenvalue weighted by Gasteiger charge is 2.15. The third-order valence-electron chi connectivity index (χ3n) is 3.92. The fourth-order valence-corrected chi connectivity index (χ4v) is 2.71. The van der Waals surface area contributed by atoms with E-state index in [1.807, 2.05) is 13.0 Å². The van der Waals surface area contributed by atoms with Crippen LogP contribution in [0, 0.1) is 12.7 Å². The number of rotatable bonds is 5. The molecule has 2 unspecified atom stereocenters. The molecule has 1 aromatic rings. The van der Waals surface area contributed by atoms with E-state index in [0.29, 0.717) is 6.10 Å². The van der Waals surface area contributed by atoms with Crippen molar-refractivity contribution in [3.8, 4) is 0 Å². The molecular weight excluding hydrogens is 241 g/mol. The van der Waals surface area contributed by atoms with E-state index in [9.17, 15) is 4.39 Å². The molecule has 2 atom stereocenters. The van der Waals surface area contributed by atoms with E-state index >= 15 is 0 Å². The predicted molar refractivity (Wildman–Crippen MR) is 75.6 cm³/mol. The molecule has 1 aliphatic heterocycles. The second kappa shape index (κ2) is 7.01. The highest BCUT2D eigenvalue weighted by atomic mass is 19.1. The van der Waals surface area contributed by atoms with Crippen LogP contribution in [0.3, 0.4) is 0 Å². The summed E-state index contributed by atoms with van der Waals surface area (Å²) in [6, 6.07) is 5.07. The maximum atomic E-state index is 13.0. The van der Waals surface area contributed by atoms with Crippen molar-refractivity contribution in [2.75, 3.05) is 6.61 Å². The summed E-state index contributed by atoms with van der Waals surface area (Å²) >= 11 is 0. The Labute approximate surface area is 115 Å². The van der Waals surface area contributed by atoms with E-state index in [0.717, 1.165) is 37.0 Å². The molecule has 0 aliphatic carbocycles. The number of benzene rings is 1. The van der Waals surface area contributed by atoms with Crippen LogP contribution >= 0.6 is 0 Å². The van der Waals surface area contributed by atoms with Gasteiger partial charge in [0.25, 0.3) is 0 Å². The van der Waals surface area contributed by atoms with Crippen LogP contribution in [-0.2, 0) is 11.2 Å². The van der Waals surface area contributed by atoms with E-state index in [2.05, 4.69) is 0 Å². The van der Waals surface area contributed by atoms with E-state index in [4.69, 9.17) is 10.5 Å². The SMILES string of the molecule is Cc1cc(F)ccc1CC(N)CCC1CCCCO1. The lowest BCUT2D eigenvalue weighted by Gasteiger charge is -2.24. The van der Waals surface area contributed by atoms with Crippen molar-refractivity contribution in [1.82, 2.24) is 0 Å². The zero-order valence-electron chi connectivity index (χ0n) is 11.7. The van der Waals surface area contributed by atoms with Gasteiger partial charge in [-0.2, -0.15) is 0 Å². The fourth-order valence-electron chi connectivity index (χ4n) is 2.71. The van der Waals surface area contributed by atoms with Crippen LogP contribution < -0.4 is 5.73 Å². The highest BCUT2D eigenvalue weighted by molar-refractivity contribution is 5.27. The number of nitrogens with two attached hydrogens (primary N) is 1. The smallest absolute Gasteiger partial charge is 0.123 e. The lowest BCUT2D eigenvalue weighted by atomic mass is 9.96. The number of hydrogen-bond donors (Lipinski definition) is 1. The first kappa shape index (κ1) is 14.5. The third-order valence-corrected chi connectivity index (χ3v) is 3.92. The van der Waals surface area contributed by atoms with Gasteiger partial charge in [0.2, 0.25) is 0 Å². The topological polar surface area (TPSA) is 35.2 Å². The first-order valence-electron chi connectivity index (χ1n) is 7.27. The Kier molecular flexibility index (Phi) is 5.34. The van der Waals surface area contributed by atoms with Gasteiger partial charge in [-0.25, -0.2) is 4.39 Å².